The highest BCUT2D eigenvalue weighted by Crippen LogP contribution is 2.36. The van der Waals surface area contributed by atoms with E-state index in [-0.39, 0.29) is 29.8 Å². The molecule has 6 heteroatoms. The van der Waals surface area contributed by atoms with Gasteiger partial charge in [0.25, 0.3) is 5.91 Å². The fraction of sp³-hybridized carbons (Fsp3) is 0.750. The van der Waals surface area contributed by atoms with E-state index in [2.05, 4.69) is 16.0 Å². The average Bonchev–Trinajstić information content (AvgIpc) is 2.40. The number of urea groups is 1. The van der Waals surface area contributed by atoms with Crippen LogP contribution in [0.3, 0.4) is 0 Å². The maximum Gasteiger partial charge on any atom is 0.322 e. The van der Waals surface area contributed by atoms with Gasteiger partial charge in [0.05, 0.1) is 0 Å². The van der Waals surface area contributed by atoms with E-state index in [9.17, 15) is 9.59 Å². The first-order valence-electron chi connectivity index (χ1n) is 4.32. The summed E-state index contributed by atoms with van der Waals surface area (Å²) >= 11 is 0. The molecule has 0 aromatic carbocycles. The van der Waals surface area contributed by atoms with Gasteiger partial charge in [0, 0.05) is 18.5 Å². The second-order valence-corrected chi connectivity index (χ2v) is 4.30. The summed E-state index contributed by atoms with van der Waals surface area (Å²) in [6.45, 7) is 5.19. The van der Waals surface area contributed by atoms with E-state index in [1.807, 2.05) is 13.8 Å². The quantitative estimate of drug-likeness (QED) is 0.487. The first kappa shape index (κ1) is 11.3. The van der Waals surface area contributed by atoms with Gasteiger partial charge in [0.1, 0.15) is 5.54 Å². The molecule has 14 heavy (non-hydrogen) atoms. The fourth-order valence-electron chi connectivity index (χ4n) is 2.05. The van der Waals surface area contributed by atoms with Crippen molar-refractivity contribution >= 4 is 24.3 Å². The zero-order valence-electron chi connectivity index (χ0n) is 8.14. The lowest BCUT2D eigenvalue weighted by Gasteiger charge is -2.33. The van der Waals surface area contributed by atoms with Crippen LogP contribution in [0.15, 0.2) is 0 Å². The molecule has 80 valence electrons. The molecule has 2 fully saturated rings. The SMILES string of the molecule is CC1(C)CNCC12NC(=O)NC2=O.Cl. The highest BCUT2D eigenvalue weighted by atomic mass is 35.5. The summed E-state index contributed by atoms with van der Waals surface area (Å²) in [5, 5.41) is 8.10. The van der Waals surface area contributed by atoms with Crippen LogP contribution in [0.5, 0.6) is 0 Å². The monoisotopic (exact) mass is 219 g/mol. The molecule has 1 atom stereocenters. The zero-order valence-corrected chi connectivity index (χ0v) is 8.96. The third kappa shape index (κ3) is 1.19. The third-order valence-corrected chi connectivity index (χ3v) is 3.05. The molecule has 1 unspecified atom stereocenters. The minimum absolute atomic E-state index is 0. The Kier molecular flexibility index (Phi) is 2.49. The summed E-state index contributed by atoms with van der Waals surface area (Å²) in [6, 6.07) is -0.387. The fourth-order valence-corrected chi connectivity index (χ4v) is 2.05. The topological polar surface area (TPSA) is 70.2 Å². The number of imide groups is 1. The summed E-state index contributed by atoms with van der Waals surface area (Å²) in [6.07, 6.45) is 0. The van der Waals surface area contributed by atoms with Crippen molar-refractivity contribution < 1.29 is 9.59 Å². The van der Waals surface area contributed by atoms with Gasteiger partial charge in [0.15, 0.2) is 0 Å². The maximum absolute atomic E-state index is 11.6. The van der Waals surface area contributed by atoms with E-state index < -0.39 is 5.54 Å². The Bertz CT molecular complexity index is 292. The predicted octanol–water partition coefficient (Wildman–Crippen LogP) is -0.384. The molecule has 0 radical (unpaired) electrons. The molecule has 0 aromatic heterocycles. The van der Waals surface area contributed by atoms with Crippen LogP contribution in [0.4, 0.5) is 4.79 Å². The first-order valence-corrected chi connectivity index (χ1v) is 4.32. The van der Waals surface area contributed by atoms with Crippen LogP contribution in [-0.4, -0.2) is 30.6 Å². The van der Waals surface area contributed by atoms with Crippen LogP contribution in [0.2, 0.25) is 0 Å². The van der Waals surface area contributed by atoms with Crippen molar-refractivity contribution in [1.82, 2.24) is 16.0 Å². The molecule has 0 saturated carbocycles. The highest BCUT2D eigenvalue weighted by molar-refractivity contribution is 6.08. The molecule has 1 spiro atoms. The Morgan fingerprint density at radius 1 is 1.21 bits per heavy atom. The minimum atomic E-state index is -0.746. The van der Waals surface area contributed by atoms with Gasteiger partial charge in [-0.3, -0.25) is 10.1 Å². The Balaban J connectivity index is 0.000000980. The smallest absolute Gasteiger partial charge is 0.321 e. The highest BCUT2D eigenvalue weighted by Gasteiger charge is 2.59. The average molecular weight is 220 g/mol. The van der Waals surface area contributed by atoms with Crippen LogP contribution < -0.4 is 16.0 Å². The van der Waals surface area contributed by atoms with Crippen molar-refractivity contribution in [2.24, 2.45) is 5.41 Å². The van der Waals surface area contributed by atoms with E-state index in [4.69, 9.17) is 0 Å². The number of halogens is 1. The molecule has 2 saturated heterocycles. The number of hydrogen-bond acceptors (Lipinski definition) is 3. The van der Waals surface area contributed by atoms with Gasteiger partial charge in [-0.1, -0.05) is 13.8 Å². The van der Waals surface area contributed by atoms with Gasteiger partial charge >= 0.3 is 6.03 Å². The molecular formula is C8H14ClN3O2. The lowest BCUT2D eigenvalue weighted by Crippen LogP contribution is -2.57. The van der Waals surface area contributed by atoms with Crippen LogP contribution in [0.1, 0.15) is 13.8 Å². The van der Waals surface area contributed by atoms with Crippen molar-refractivity contribution in [3.63, 3.8) is 0 Å². The molecule has 3 amide bonds. The van der Waals surface area contributed by atoms with Gasteiger partial charge < -0.3 is 10.6 Å². The number of nitrogens with one attached hydrogen (secondary N) is 3. The van der Waals surface area contributed by atoms with Crippen molar-refractivity contribution in [3.05, 3.63) is 0 Å². The second-order valence-electron chi connectivity index (χ2n) is 4.30. The normalized spacial score (nSPS) is 33.9. The maximum atomic E-state index is 11.6. The van der Waals surface area contributed by atoms with Crippen molar-refractivity contribution in [2.45, 2.75) is 19.4 Å². The van der Waals surface area contributed by atoms with Crippen LogP contribution >= 0.6 is 12.4 Å². The molecule has 2 heterocycles. The summed E-state index contributed by atoms with van der Waals surface area (Å²) in [7, 11) is 0. The van der Waals surface area contributed by atoms with Crippen LogP contribution in [0, 0.1) is 5.41 Å². The first-order chi connectivity index (χ1) is 5.98. The summed E-state index contributed by atoms with van der Waals surface area (Å²) in [5.41, 5.74) is -0.979. The molecule has 2 aliphatic heterocycles. The Labute approximate surface area is 88.4 Å². The van der Waals surface area contributed by atoms with Crippen molar-refractivity contribution in [3.8, 4) is 0 Å². The number of rotatable bonds is 0. The van der Waals surface area contributed by atoms with Crippen molar-refractivity contribution in [1.29, 1.82) is 0 Å². The van der Waals surface area contributed by atoms with Gasteiger partial charge in [-0.15, -0.1) is 12.4 Å². The van der Waals surface area contributed by atoms with E-state index in [0.29, 0.717) is 6.54 Å². The second kappa shape index (κ2) is 3.10. The van der Waals surface area contributed by atoms with Gasteiger partial charge in [0.2, 0.25) is 0 Å². The zero-order chi connectivity index (χ0) is 9.69. The van der Waals surface area contributed by atoms with E-state index in [1.165, 1.54) is 0 Å². The predicted molar refractivity (Wildman–Crippen MR) is 53.3 cm³/mol. The van der Waals surface area contributed by atoms with Crippen molar-refractivity contribution in [2.75, 3.05) is 13.1 Å². The largest absolute Gasteiger partial charge is 0.322 e. The third-order valence-electron chi connectivity index (χ3n) is 3.05. The Hall–Kier alpha value is -0.810. The molecule has 2 aliphatic rings. The Morgan fingerprint density at radius 3 is 2.21 bits per heavy atom. The molecule has 0 aliphatic carbocycles. The number of hydrogen-bond donors (Lipinski definition) is 3. The van der Waals surface area contributed by atoms with Gasteiger partial charge in [-0.25, -0.2) is 4.79 Å². The number of carbonyl (C=O) groups excluding carboxylic acids is 2. The molecule has 0 aromatic rings. The van der Waals surface area contributed by atoms with Crippen LogP contribution in [0.25, 0.3) is 0 Å². The van der Waals surface area contributed by atoms with Gasteiger partial charge in [-0.2, -0.15) is 0 Å². The number of carbonyl (C=O) groups is 2. The Morgan fingerprint density at radius 2 is 1.86 bits per heavy atom. The summed E-state index contributed by atoms with van der Waals surface area (Å²) < 4.78 is 0. The minimum Gasteiger partial charge on any atom is -0.321 e. The van der Waals surface area contributed by atoms with E-state index in [1.54, 1.807) is 0 Å². The standard InChI is InChI=1S/C8H13N3O2.ClH/c1-7(2)3-9-4-8(7)5(12)10-6(13)11-8;/h9H,3-4H2,1-2H3,(H2,10,11,12,13);1H. The van der Waals surface area contributed by atoms with E-state index in [0.717, 1.165) is 6.54 Å². The van der Waals surface area contributed by atoms with E-state index >= 15 is 0 Å². The van der Waals surface area contributed by atoms with Crippen LogP contribution in [-0.2, 0) is 4.79 Å². The summed E-state index contributed by atoms with van der Waals surface area (Å²) in [4.78, 5) is 22.6. The van der Waals surface area contributed by atoms with Gasteiger partial charge in [-0.05, 0) is 0 Å². The molecule has 5 nitrogen and oxygen atoms in total. The molecule has 0 bridgehead atoms. The molecule has 2 rings (SSSR count). The molecule has 3 N–H and O–H groups in total. The lowest BCUT2D eigenvalue weighted by molar-refractivity contribution is -0.126. The molecular weight excluding hydrogens is 206 g/mol. The summed E-state index contributed by atoms with van der Waals surface area (Å²) in [5.74, 6) is -0.215. The number of amides is 3. The lowest BCUT2D eigenvalue weighted by atomic mass is 9.75.